The highest BCUT2D eigenvalue weighted by Crippen LogP contribution is 2.31. The first-order chi connectivity index (χ1) is 9.95. The molecule has 4 nitrogen and oxygen atoms in total. The average Bonchev–Trinajstić information content (AvgIpc) is 3.02. The zero-order chi connectivity index (χ0) is 15.0. The first-order valence-electron chi connectivity index (χ1n) is 6.86. The van der Waals surface area contributed by atoms with Crippen LogP contribution < -0.4 is 0 Å². The van der Waals surface area contributed by atoms with Gasteiger partial charge in [-0.2, -0.15) is 13.2 Å². The van der Waals surface area contributed by atoms with Gasteiger partial charge in [-0.05, 0) is 31.5 Å². The van der Waals surface area contributed by atoms with E-state index in [4.69, 9.17) is 0 Å². The standard InChI is InChI=1S/C14H16F3N3O/c15-14(16,17)13(21)11-4-3-7-19(11)8-10-9-20-6-2-1-5-12(20)18-10/h1-2,5-6,9,11,13,21H,3-4,7-8H2. The van der Waals surface area contributed by atoms with E-state index in [1.807, 2.05) is 35.0 Å². The summed E-state index contributed by atoms with van der Waals surface area (Å²) in [6, 6.07) is 4.69. The molecule has 2 unspecified atom stereocenters. The minimum Gasteiger partial charge on any atom is -0.382 e. The van der Waals surface area contributed by atoms with Crippen LogP contribution in [-0.4, -0.2) is 44.3 Å². The van der Waals surface area contributed by atoms with Gasteiger partial charge in [0.2, 0.25) is 0 Å². The first kappa shape index (κ1) is 14.3. The molecule has 3 heterocycles. The number of pyridine rings is 1. The van der Waals surface area contributed by atoms with Crippen LogP contribution >= 0.6 is 0 Å². The largest absolute Gasteiger partial charge is 0.415 e. The lowest BCUT2D eigenvalue weighted by atomic mass is 10.1. The molecule has 21 heavy (non-hydrogen) atoms. The molecule has 0 bridgehead atoms. The van der Waals surface area contributed by atoms with E-state index in [1.54, 1.807) is 4.90 Å². The summed E-state index contributed by atoms with van der Waals surface area (Å²) < 4.78 is 39.9. The second-order valence-electron chi connectivity index (χ2n) is 5.36. The van der Waals surface area contributed by atoms with Crippen molar-refractivity contribution >= 4 is 5.65 Å². The molecule has 0 aliphatic carbocycles. The minimum atomic E-state index is -4.58. The van der Waals surface area contributed by atoms with Gasteiger partial charge in [-0.1, -0.05) is 6.07 Å². The van der Waals surface area contributed by atoms with E-state index in [1.165, 1.54) is 0 Å². The van der Waals surface area contributed by atoms with Gasteiger partial charge in [0, 0.05) is 25.0 Å². The summed E-state index contributed by atoms with van der Waals surface area (Å²) in [6.45, 7) is 0.866. The summed E-state index contributed by atoms with van der Waals surface area (Å²) in [5, 5.41) is 9.48. The Morgan fingerprint density at radius 3 is 2.90 bits per heavy atom. The molecule has 0 spiro atoms. The van der Waals surface area contributed by atoms with Gasteiger partial charge in [-0.25, -0.2) is 4.98 Å². The fourth-order valence-electron chi connectivity index (χ4n) is 2.90. The lowest BCUT2D eigenvalue weighted by molar-refractivity contribution is -0.219. The number of aliphatic hydroxyl groups excluding tert-OH is 1. The Hall–Kier alpha value is -1.60. The Bertz CT molecular complexity index is 592. The highest BCUT2D eigenvalue weighted by Gasteiger charge is 2.46. The maximum atomic E-state index is 12.7. The zero-order valence-electron chi connectivity index (χ0n) is 11.3. The van der Waals surface area contributed by atoms with Crippen LogP contribution in [0, 0.1) is 0 Å². The van der Waals surface area contributed by atoms with Gasteiger partial charge in [0.25, 0.3) is 0 Å². The highest BCUT2D eigenvalue weighted by atomic mass is 19.4. The SMILES string of the molecule is OC(C1CCCN1Cc1cn2ccccc2n1)C(F)(F)F. The molecule has 0 radical (unpaired) electrons. The summed E-state index contributed by atoms with van der Waals surface area (Å²) in [5.74, 6) is 0. The second-order valence-corrected chi connectivity index (χ2v) is 5.36. The van der Waals surface area contributed by atoms with E-state index < -0.39 is 18.3 Å². The number of hydrogen-bond donors (Lipinski definition) is 1. The van der Waals surface area contributed by atoms with Crippen LogP contribution in [0.2, 0.25) is 0 Å². The molecule has 0 amide bonds. The molecule has 2 aromatic rings. The average molecular weight is 299 g/mol. The molecule has 1 aliphatic rings. The van der Waals surface area contributed by atoms with E-state index in [-0.39, 0.29) is 0 Å². The number of hydrogen-bond acceptors (Lipinski definition) is 3. The van der Waals surface area contributed by atoms with Crippen molar-refractivity contribution in [3.63, 3.8) is 0 Å². The van der Waals surface area contributed by atoms with Crippen molar-refractivity contribution in [3.05, 3.63) is 36.3 Å². The fourth-order valence-corrected chi connectivity index (χ4v) is 2.90. The predicted octanol–water partition coefficient (Wildman–Crippen LogP) is 2.22. The minimum absolute atomic E-state index is 0.319. The Labute approximate surface area is 119 Å². The first-order valence-corrected chi connectivity index (χ1v) is 6.86. The number of fused-ring (bicyclic) bond motifs is 1. The van der Waals surface area contributed by atoms with Gasteiger partial charge in [-0.3, -0.25) is 4.90 Å². The van der Waals surface area contributed by atoms with Crippen LogP contribution in [0.3, 0.4) is 0 Å². The number of rotatable bonds is 3. The summed E-state index contributed by atoms with van der Waals surface area (Å²) in [7, 11) is 0. The molecule has 2 atom stereocenters. The summed E-state index contributed by atoms with van der Waals surface area (Å²) >= 11 is 0. The van der Waals surface area contributed by atoms with Crippen molar-refractivity contribution < 1.29 is 18.3 Å². The smallest absolute Gasteiger partial charge is 0.382 e. The van der Waals surface area contributed by atoms with Crippen molar-refractivity contribution in [1.29, 1.82) is 0 Å². The Morgan fingerprint density at radius 1 is 1.38 bits per heavy atom. The lowest BCUT2D eigenvalue weighted by Crippen LogP contribution is -2.46. The fraction of sp³-hybridized carbons (Fsp3) is 0.500. The van der Waals surface area contributed by atoms with Gasteiger partial charge in [0.15, 0.2) is 6.10 Å². The number of imidazole rings is 1. The van der Waals surface area contributed by atoms with Crippen LogP contribution in [0.5, 0.6) is 0 Å². The molecule has 1 aliphatic heterocycles. The molecule has 3 rings (SSSR count). The third kappa shape index (κ3) is 2.89. The van der Waals surface area contributed by atoms with Crippen molar-refractivity contribution in [2.24, 2.45) is 0 Å². The highest BCUT2D eigenvalue weighted by molar-refractivity contribution is 5.39. The number of alkyl halides is 3. The van der Waals surface area contributed by atoms with Crippen LogP contribution in [0.25, 0.3) is 5.65 Å². The van der Waals surface area contributed by atoms with E-state index in [2.05, 4.69) is 4.98 Å². The molecular formula is C14H16F3N3O. The molecule has 0 aromatic carbocycles. The maximum absolute atomic E-state index is 12.7. The Morgan fingerprint density at radius 2 is 2.19 bits per heavy atom. The Balaban J connectivity index is 1.77. The topological polar surface area (TPSA) is 40.8 Å². The molecule has 7 heteroatoms. The lowest BCUT2D eigenvalue weighted by Gasteiger charge is -2.29. The van der Waals surface area contributed by atoms with Crippen molar-refractivity contribution in [2.45, 2.75) is 37.7 Å². The number of likely N-dealkylation sites (tertiary alicyclic amines) is 1. The van der Waals surface area contributed by atoms with E-state index in [0.717, 1.165) is 5.65 Å². The third-order valence-electron chi connectivity index (χ3n) is 3.89. The summed E-state index contributed by atoms with van der Waals surface area (Å²) in [4.78, 5) is 6.06. The van der Waals surface area contributed by atoms with Gasteiger partial charge >= 0.3 is 6.18 Å². The summed E-state index contributed by atoms with van der Waals surface area (Å²) in [6.07, 6.45) is -2.20. The molecule has 1 saturated heterocycles. The molecule has 0 saturated carbocycles. The van der Waals surface area contributed by atoms with Gasteiger partial charge in [0.1, 0.15) is 5.65 Å². The second kappa shape index (κ2) is 5.31. The summed E-state index contributed by atoms with van der Waals surface area (Å²) in [5.41, 5.74) is 1.47. The molecule has 1 fully saturated rings. The van der Waals surface area contributed by atoms with E-state index in [9.17, 15) is 18.3 Å². The number of aliphatic hydroxyl groups is 1. The Kier molecular flexibility index (Phi) is 3.62. The molecule has 2 aromatic heterocycles. The van der Waals surface area contributed by atoms with Gasteiger partial charge < -0.3 is 9.51 Å². The molecule has 114 valence electrons. The normalized spacial score (nSPS) is 22.0. The van der Waals surface area contributed by atoms with E-state index in [0.29, 0.717) is 31.6 Å². The van der Waals surface area contributed by atoms with Crippen LogP contribution in [0.4, 0.5) is 13.2 Å². The maximum Gasteiger partial charge on any atom is 0.415 e. The van der Waals surface area contributed by atoms with Gasteiger partial charge in [-0.15, -0.1) is 0 Å². The van der Waals surface area contributed by atoms with Crippen molar-refractivity contribution in [1.82, 2.24) is 14.3 Å². The predicted molar refractivity (Wildman–Crippen MR) is 70.7 cm³/mol. The quantitative estimate of drug-likeness (QED) is 0.945. The number of aromatic nitrogens is 2. The number of nitrogens with zero attached hydrogens (tertiary/aromatic N) is 3. The third-order valence-corrected chi connectivity index (χ3v) is 3.89. The van der Waals surface area contributed by atoms with Crippen LogP contribution in [0.1, 0.15) is 18.5 Å². The van der Waals surface area contributed by atoms with E-state index >= 15 is 0 Å². The monoisotopic (exact) mass is 299 g/mol. The van der Waals surface area contributed by atoms with Gasteiger partial charge in [0.05, 0.1) is 5.69 Å². The molecule has 1 N–H and O–H groups in total. The number of halogens is 3. The van der Waals surface area contributed by atoms with Crippen molar-refractivity contribution in [3.8, 4) is 0 Å². The van der Waals surface area contributed by atoms with Crippen LogP contribution in [0.15, 0.2) is 30.6 Å². The zero-order valence-corrected chi connectivity index (χ0v) is 11.3. The molecular weight excluding hydrogens is 283 g/mol. The van der Waals surface area contributed by atoms with Crippen molar-refractivity contribution in [2.75, 3.05) is 6.54 Å². The van der Waals surface area contributed by atoms with Crippen LogP contribution in [-0.2, 0) is 6.54 Å².